The number of rotatable bonds is 60. The van der Waals surface area contributed by atoms with E-state index in [1.807, 2.05) is 0 Å². The topological polar surface area (TPSA) is 175 Å². The van der Waals surface area contributed by atoms with Crippen LogP contribution in [0, 0.1) is 0 Å². The number of allylic oxidation sites excluding steroid dienone is 8. The first-order valence-corrected chi connectivity index (χ1v) is 34.6. The van der Waals surface area contributed by atoms with Crippen LogP contribution in [0.5, 0.6) is 0 Å². The zero-order valence-corrected chi connectivity index (χ0v) is 53.5. The second kappa shape index (κ2) is 59.0. The molecule has 1 aliphatic rings. The number of carbonyl (C=O) groups is 4. The van der Waals surface area contributed by atoms with Crippen molar-refractivity contribution < 1.29 is 58.2 Å². The first-order valence-electron chi connectivity index (χ1n) is 34.6. The highest BCUT2D eigenvalue weighted by molar-refractivity contribution is 5.74. The van der Waals surface area contributed by atoms with Crippen molar-refractivity contribution in [3.8, 4) is 0 Å². The van der Waals surface area contributed by atoms with Gasteiger partial charge in [-0.15, -0.1) is 0 Å². The van der Waals surface area contributed by atoms with Gasteiger partial charge < -0.3 is 39.0 Å². The molecule has 0 bridgehead atoms. The molecule has 482 valence electrons. The van der Waals surface area contributed by atoms with Gasteiger partial charge in [0.05, 0.1) is 6.61 Å². The molecule has 6 atom stereocenters. The highest BCUT2D eigenvalue weighted by Gasteiger charge is 2.50. The number of hydrogen-bond acceptors (Lipinski definition) is 11. The molecule has 0 saturated carbocycles. The zero-order valence-electron chi connectivity index (χ0n) is 53.5. The van der Waals surface area contributed by atoms with E-state index in [0.29, 0.717) is 19.3 Å². The second-order valence-corrected chi connectivity index (χ2v) is 23.8. The van der Waals surface area contributed by atoms with Gasteiger partial charge in [0, 0.05) is 19.3 Å². The maximum atomic E-state index is 13.2. The molecule has 83 heavy (non-hydrogen) atoms. The Labute approximate surface area is 507 Å². The first kappa shape index (κ1) is 77.7. The SMILES string of the molecule is CC/C=C\C/C=C\C/C=C\CCCCCCCCCC(=O)OC(COC(=O)CCCCCCCCCCC/C=C\CCCCCCCC)COC1OC(C(=O)O)C(O)C(O)C1OC(=O)CCCCCCCCCCCCCCCCCCC. The van der Waals surface area contributed by atoms with Crippen molar-refractivity contribution in [2.75, 3.05) is 13.2 Å². The summed E-state index contributed by atoms with van der Waals surface area (Å²) in [6, 6.07) is 0. The largest absolute Gasteiger partial charge is 0.479 e. The predicted molar refractivity (Wildman–Crippen MR) is 340 cm³/mol. The molecular weight excluding hydrogens is 1040 g/mol. The third-order valence-electron chi connectivity index (χ3n) is 15.9. The Kier molecular flexibility index (Phi) is 55.3. The van der Waals surface area contributed by atoms with Gasteiger partial charge in [0.1, 0.15) is 18.8 Å². The summed E-state index contributed by atoms with van der Waals surface area (Å²) in [5.74, 6) is -3.10. The minimum absolute atomic E-state index is 0.0641. The summed E-state index contributed by atoms with van der Waals surface area (Å²) in [6.45, 7) is 5.93. The summed E-state index contributed by atoms with van der Waals surface area (Å²) in [6.07, 6.45) is 60.6. The lowest BCUT2D eigenvalue weighted by Crippen LogP contribution is -2.61. The lowest BCUT2D eigenvalue weighted by molar-refractivity contribution is -0.301. The number of hydrogen-bond donors (Lipinski definition) is 3. The van der Waals surface area contributed by atoms with Crippen LogP contribution in [0.3, 0.4) is 0 Å². The van der Waals surface area contributed by atoms with E-state index in [2.05, 4.69) is 69.4 Å². The van der Waals surface area contributed by atoms with E-state index in [0.717, 1.165) is 103 Å². The van der Waals surface area contributed by atoms with E-state index >= 15 is 0 Å². The molecule has 1 aliphatic heterocycles. The summed E-state index contributed by atoms with van der Waals surface area (Å²) in [4.78, 5) is 51.4. The molecule has 0 aromatic rings. The van der Waals surface area contributed by atoms with Crippen molar-refractivity contribution in [2.45, 2.75) is 366 Å². The number of carbonyl (C=O) groups excluding carboxylic acids is 3. The molecule has 1 saturated heterocycles. The van der Waals surface area contributed by atoms with Crippen LogP contribution in [0.25, 0.3) is 0 Å². The molecule has 0 amide bonds. The predicted octanol–water partition coefficient (Wildman–Crippen LogP) is 18.9. The van der Waals surface area contributed by atoms with Gasteiger partial charge in [-0.05, 0) is 77.0 Å². The van der Waals surface area contributed by atoms with Crippen LogP contribution in [0.2, 0.25) is 0 Å². The first-order chi connectivity index (χ1) is 40.6. The van der Waals surface area contributed by atoms with E-state index in [1.165, 1.54) is 167 Å². The van der Waals surface area contributed by atoms with Crippen molar-refractivity contribution in [1.82, 2.24) is 0 Å². The third kappa shape index (κ3) is 48.5. The summed E-state index contributed by atoms with van der Waals surface area (Å²) in [5.41, 5.74) is 0. The third-order valence-corrected chi connectivity index (χ3v) is 15.9. The Hall–Kier alpha value is -3.32. The van der Waals surface area contributed by atoms with Crippen molar-refractivity contribution >= 4 is 23.9 Å². The zero-order chi connectivity index (χ0) is 60.3. The minimum atomic E-state index is -1.90. The molecule has 0 radical (unpaired) electrons. The van der Waals surface area contributed by atoms with Crippen LogP contribution in [0.15, 0.2) is 48.6 Å². The number of carboxylic acid groups (broad SMARTS) is 1. The molecule has 12 heteroatoms. The molecule has 0 aromatic carbocycles. The average molecular weight is 1170 g/mol. The highest BCUT2D eigenvalue weighted by atomic mass is 16.7. The molecule has 12 nitrogen and oxygen atoms in total. The van der Waals surface area contributed by atoms with Gasteiger partial charge in [0.15, 0.2) is 24.6 Å². The normalized spacial score (nSPS) is 17.8. The molecule has 3 N–H and O–H groups in total. The van der Waals surface area contributed by atoms with Gasteiger partial charge in [-0.3, -0.25) is 14.4 Å². The number of aliphatic carboxylic acids is 1. The van der Waals surface area contributed by atoms with E-state index in [1.54, 1.807) is 0 Å². The summed E-state index contributed by atoms with van der Waals surface area (Å²) < 4.78 is 28.6. The Morgan fingerprint density at radius 2 is 0.759 bits per heavy atom. The Balaban J connectivity index is 2.63. The fraction of sp³-hybridized carbons (Fsp3) is 0.831. The van der Waals surface area contributed by atoms with Crippen LogP contribution in [0.1, 0.15) is 329 Å². The number of carboxylic acids is 1. The van der Waals surface area contributed by atoms with Crippen LogP contribution >= 0.6 is 0 Å². The van der Waals surface area contributed by atoms with E-state index < -0.39 is 67.3 Å². The Morgan fingerprint density at radius 3 is 1.17 bits per heavy atom. The lowest BCUT2D eigenvalue weighted by Gasteiger charge is -2.40. The maximum Gasteiger partial charge on any atom is 0.335 e. The van der Waals surface area contributed by atoms with E-state index in [-0.39, 0.29) is 25.9 Å². The van der Waals surface area contributed by atoms with Crippen molar-refractivity contribution in [3.05, 3.63) is 48.6 Å². The van der Waals surface area contributed by atoms with Crippen LogP contribution in [-0.4, -0.2) is 89.2 Å². The highest BCUT2D eigenvalue weighted by Crippen LogP contribution is 2.27. The summed E-state index contributed by atoms with van der Waals surface area (Å²) in [7, 11) is 0. The minimum Gasteiger partial charge on any atom is -0.479 e. The number of aliphatic hydroxyl groups is 2. The molecule has 6 unspecified atom stereocenters. The maximum absolute atomic E-state index is 13.2. The van der Waals surface area contributed by atoms with Gasteiger partial charge in [-0.25, -0.2) is 4.79 Å². The molecule has 1 rings (SSSR count). The molecule has 1 heterocycles. The summed E-state index contributed by atoms with van der Waals surface area (Å²) in [5, 5.41) is 31.7. The van der Waals surface area contributed by atoms with Crippen LogP contribution < -0.4 is 0 Å². The van der Waals surface area contributed by atoms with Gasteiger partial charge in [-0.2, -0.15) is 0 Å². The Bertz CT molecular complexity index is 1630. The van der Waals surface area contributed by atoms with Gasteiger partial charge in [0.2, 0.25) is 0 Å². The quantitative estimate of drug-likeness (QED) is 0.0228. The van der Waals surface area contributed by atoms with Gasteiger partial charge in [0.25, 0.3) is 0 Å². The molecule has 0 aliphatic carbocycles. The monoisotopic (exact) mass is 1170 g/mol. The fourth-order valence-corrected chi connectivity index (χ4v) is 10.6. The van der Waals surface area contributed by atoms with E-state index in [9.17, 15) is 34.5 Å². The van der Waals surface area contributed by atoms with Crippen LogP contribution in [-0.2, 0) is 42.9 Å². The standard InChI is InChI=1S/C71H126O12/c1-4-7-10-13-16-19-22-25-28-31-32-35-36-39-42-45-48-51-54-57-63(72)79-60-62(81-64(73)58-55-52-49-46-43-40-37-33-29-26-23-20-17-14-11-8-5-2)61-80-71-69(67(76)66(75)68(83-71)70(77)78)82-65(74)59-56-53-50-47-44-41-38-34-30-27-24-21-18-15-12-9-6-3/h8,11,17,20,25-26,28-29,62,66-69,71,75-76H,4-7,9-10,12-16,18-19,21-24,27,30-61H2,1-3H3,(H,77,78)/b11-8-,20-17-,28-25-,29-26-. The Morgan fingerprint density at radius 1 is 0.410 bits per heavy atom. The van der Waals surface area contributed by atoms with E-state index in [4.69, 9.17) is 23.7 Å². The molecule has 0 spiro atoms. The average Bonchev–Trinajstić information content (AvgIpc) is 3.59. The number of esters is 3. The molecular formula is C71H126O12. The van der Waals surface area contributed by atoms with Crippen LogP contribution in [0.4, 0.5) is 0 Å². The number of unbranched alkanes of at least 4 members (excludes halogenated alkanes) is 38. The molecule has 1 fully saturated rings. The van der Waals surface area contributed by atoms with Crippen molar-refractivity contribution in [2.24, 2.45) is 0 Å². The van der Waals surface area contributed by atoms with Gasteiger partial charge >= 0.3 is 23.9 Å². The summed E-state index contributed by atoms with van der Waals surface area (Å²) >= 11 is 0. The fourth-order valence-electron chi connectivity index (χ4n) is 10.6. The smallest absolute Gasteiger partial charge is 0.335 e. The van der Waals surface area contributed by atoms with Crippen molar-refractivity contribution in [1.29, 1.82) is 0 Å². The second-order valence-electron chi connectivity index (χ2n) is 23.8. The van der Waals surface area contributed by atoms with Gasteiger partial charge in [-0.1, -0.05) is 281 Å². The number of aliphatic hydroxyl groups excluding tert-OH is 2. The lowest BCUT2D eigenvalue weighted by atomic mass is 9.98. The molecule has 0 aromatic heterocycles. The van der Waals surface area contributed by atoms with Crippen molar-refractivity contribution in [3.63, 3.8) is 0 Å². The number of ether oxygens (including phenoxy) is 5.